The van der Waals surface area contributed by atoms with E-state index in [0.29, 0.717) is 25.6 Å². The minimum atomic E-state index is -0.405. The molecule has 0 spiro atoms. The van der Waals surface area contributed by atoms with Crippen LogP contribution in [0.5, 0.6) is 11.6 Å². The van der Waals surface area contributed by atoms with E-state index in [2.05, 4.69) is 37.5 Å². The van der Waals surface area contributed by atoms with E-state index in [1.165, 1.54) is 0 Å². The Morgan fingerprint density at radius 1 is 1.12 bits per heavy atom. The quantitative estimate of drug-likeness (QED) is 0.366. The lowest BCUT2D eigenvalue weighted by atomic mass is 10.1. The van der Waals surface area contributed by atoms with Crippen LogP contribution < -0.4 is 4.74 Å². The zero-order valence-corrected chi connectivity index (χ0v) is 19.4. The van der Waals surface area contributed by atoms with Crippen molar-refractivity contribution in [2.45, 2.75) is 51.8 Å². The first-order valence-electron chi connectivity index (χ1n) is 11.4. The number of aliphatic hydroxyl groups excluding tert-OH is 1. The average molecular weight is 434 g/mol. The molecule has 2 atom stereocenters. The van der Waals surface area contributed by atoms with Gasteiger partial charge in [0.15, 0.2) is 0 Å². The highest BCUT2D eigenvalue weighted by atomic mass is 16.5. The van der Waals surface area contributed by atoms with Gasteiger partial charge in [0.1, 0.15) is 11.4 Å². The third-order valence-corrected chi connectivity index (χ3v) is 5.82. The third kappa shape index (κ3) is 6.09. The van der Waals surface area contributed by atoms with Crippen molar-refractivity contribution < 1.29 is 9.84 Å². The molecule has 0 amide bonds. The molecular formula is C27H35N3O2. The Kier molecular flexibility index (Phi) is 8.65. The normalized spacial score (nSPS) is 13.2. The highest BCUT2D eigenvalue weighted by Gasteiger charge is 2.25. The minimum absolute atomic E-state index is 0.307. The first-order chi connectivity index (χ1) is 15.5. The Balaban J connectivity index is 1.99. The number of hydrogen-bond acceptors (Lipinski definition) is 4. The first-order valence-corrected chi connectivity index (χ1v) is 11.4. The van der Waals surface area contributed by atoms with Crippen molar-refractivity contribution >= 4 is 0 Å². The van der Waals surface area contributed by atoms with Crippen LogP contribution in [-0.4, -0.2) is 38.5 Å². The Morgan fingerprint density at radius 2 is 1.78 bits per heavy atom. The molecular weight excluding hydrogens is 398 g/mol. The van der Waals surface area contributed by atoms with Crippen molar-refractivity contribution in [3.63, 3.8) is 0 Å². The summed E-state index contributed by atoms with van der Waals surface area (Å²) in [7, 11) is 1.92. The van der Waals surface area contributed by atoms with E-state index in [1.54, 1.807) is 0 Å². The van der Waals surface area contributed by atoms with Gasteiger partial charge < -0.3 is 9.84 Å². The molecule has 0 unspecified atom stereocenters. The van der Waals surface area contributed by atoms with Crippen LogP contribution in [0.15, 0.2) is 73.3 Å². The highest BCUT2D eigenvalue weighted by Crippen LogP contribution is 2.34. The summed E-state index contributed by atoms with van der Waals surface area (Å²) in [6.07, 6.45) is 3.96. The summed E-state index contributed by atoms with van der Waals surface area (Å²) in [6.45, 7) is 9.39. The molecule has 0 radical (unpaired) electrons. The van der Waals surface area contributed by atoms with Gasteiger partial charge in [0.25, 0.3) is 0 Å². The van der Waals surface area contributed by atoms with Crippen molar-refractivity contribution in [1.82, 2.24) is 14.7 Å². The molecule has 0 saturated heterocycles. The van der Waals surface area contributed by atoms with Gasteiger partial charge in [0.2, 0.25) is 5.88 Å². The molecule has 0 fully saturated rings. The molecule has 1 aromatic heterocycles. The molecule has 0 saturated carbocycles. The van der Waals surface area contributed by atoms with E-state index >= 15 is 0 Å². The second-order valence-corrected chi connectivity index (χ2v) is 8.24. The van der Waals surface area contributed by atoms with Crippen molar-refractivity contribution in [3.8, 4) is 22.9 Å². The molecule has 0 aliphatic heterocycles. The lowest BCUT2D eigenvalue weighted by Crippen LogP contribution is -2.38. The highest BCUT2D eigenvalue weighted by molar-refractivity contribution is 5.65. The predicted molar refractivity (Wildman–Crippen MR) is 131 cm³/mol. The molecule has 0 aliphatic carbocycles. The van der Waals surface area contributed by atoms with E-state index in [-0.39, 0.29) is 0 Å². The monoisotopic (exact) mass is 433 g/mol. The van der Waals surface area contributed by atoms with Gasteiger partial charge >= 0.3 is 0 Å². The number of rotatable bonds is 12. The smallest absolute Gasteiger partial charge is 0.222 e. The van der Waals surface area contributed by atoms with E-state index in [1.807, 2.05) is 66.3 Å². The molecule has 3 aromatic rings. The summed E-state index contributed by atoms with van der Waals surface area (Å²) in [4.78, 5) is 2.33. The fourth-order valence-corrected chi connectivity index (χ4v) is 3.78. The number of nitrogens with zero attached hydrogens (tertiary/aromatic N) is 3. The number of aryl methyl sites for hydroxylation is 1. The fraction of sp³-hybridized carbons (Fsp3) is 0.370. The van der Waals surface area contributed by atoms with Gasteiger partial charge in [0, 0.05) is 31.7 Å². The summed E-state index contributed by atoms with van der Waals surface area (Å²) in [5.74, 6) is 1.50. The van der Waals surface area contributed by atoms with E-state index in [4.69, 9.17) is 9.84 Å². The number of aliphatic hydroxyl groups is 1. The molecule has 5 nitrogen and oxygen atoms in total. The fourth-order valence-electron chi connectivity index (χ4n) is 3.78. The molecule has 0 aliphatic rings. The summed E-state index contributed by atoms with van der Waals surface area (Å²) in [6, 6.07) is 20.3. The van der Waals surface area contributed by atoms with Crippen LogP contribution >= 0.6 is 0 Å². The van der Waals surface area contributed by atoms with Gasteiger partial charge in [-0.25, -0.2) is 4.68 Å². The van der Waals surface area contributed by atoms with Crippen LogP contribution in [0.1, 0.15) is 38.7 Å². The van der Waals surface area contributed by atoms with E-state index in [0.717, 1.165) is 41.3 Å². The zero-order valence-electron chi connectivity index (χ0n) is 19.4. The lowest BCUT2D eigenvalue weighted by Gasteiger charge is -2.30. The molecule has 32 heavy (non-hydrogen) atoms. The summed E-state index contributed by atoms with van der Waals surface area (Å²) < 4.78 is 8.14. The van der Waals surface area contributed by atoms with E-state index < -0.39 is 6.10 Å². The van der Waals surface area contributed by atoms with Crippen LogP contribution in [0.3, 0.4) is 0 Å². The minimum Gasteiger partial charge on any atom is -0.439 e. The molecule has 170 valence electrons. The summed E-state index contributed by atoms with van der Waals surface area (Å²) >= 11 is 0. The van der Waals surface area contributed by atoms with Crippen LogP contribution in [0.25, 0.3) is 11.3 Å². The standard InChI is InChI=1S/C27H35N3O2/c1-5-7-16-23(31)19-30(21(3)6-2)20-25-26(22-14-10-8-11-15-22)28-29(4)27(25)32-24-17-12-9-13-18-24/h5,8-15,17-18,21,23,31H,1,6-7,16,19-20H2,2-4H3/t21-,23-/m1/s1. The maximum Gasteiger partial charge on any atom is 0.222 e. The van der Waals surface area contributed by atoms with Crippen LogP contribution in [0, 0.1) is 0 Å². The Labute approximate surface area is 192 Å². The van der Waals surface area contributed by atoms with Crippen molar-refractivity contribution in [2.75, 3.05) is 6.54 Å². The van der Waals surface area contributed by atoms with Crippen LogP contribution in [0.2, 0.25) is 0 Å². The number of benzene rings is 2. The van der Waals surface area contributed by atoms with Gasteiger partial charge in [-0.05, 0) is 38.3 Å². The number of allylic oxidation sites excluding steroid dienone is 1. The van der Waals surface area contributed by atoms with Gasteiger partial charge in [-0.15, -0.1) is 6.58 Å². The number of hydrogen-bond donors (Lipinski definition) is 1. The SMILES string of the molecule is C=CCC[C@@H](O)CN(Cc1c(-c2ccccc2)nn(C)c1Oc1ccccc1)[C@H](C)CC. The average Bonchev–Trinajstić information content (AvgIpc) is 3.12. The van der Waals surface area contributed by atoms with Gasteiger partial charge in [-0.1, -0.05) is 61.5 Å². The second kappa shape index (κ2) is 11.7. The third-order valence-electron chi connectivity index (χ3n) is 5.82. The summed E-state index contributed by atoms with van der Waals surface area (Å²) in [5, 5.41) is 15.5. The van der Waals surface area contributed by atoms with E-state index in [9.17, 15) is 5.11 Å². The Bertz CT molecular complexity index is 969. The lowest BCUT2D eigenvalue weighted by molar-refractivity contribution is 0.0796. The Morgan fingerprint density at radius 3 is 2.41 bits per heavy atom. The number of aromatic nitrogens is 2. The molecule has 0 bridgehead atoms. The van der Waals surface area contributed by atoms with Gasteiger partial charge in [-0.3, -0.25) is 4.90 Å². The van der Waals surface area contributed by atoms with Crippen molar-refractivity contribution in [3.05, 3.63) is 78.9 Å². The topological polar surface area (TPSA) is 50.5 Å². The zero-order chi connectivity index (χ0) is 22.9. The van der Waals surface area contributed by atoms with Crippen molar-refractivity contribution in [1.29, 1.82) is 0 Å². The maximum atomic E-state index is 10.6. The second-order valence-electron chi connectivity index (χ2n) is 8.24. The van der Waals surface area contributed by atoms with Gasteiger partial charge in [-0.2, -0.15) is 5.10 Å². The van der Waals surface area contributed by atoms with Crippen LogP contribution in [0.4, 0.5) is 0 Å². The maximum absolute atomic E-state index is 10.6. The first kappa shape index (κ1) is 23.8. The van der Waals surface area contributed by atoms with Crippen molar-refractivity contribution in [2.24, 2.45) is 7.05 Å². The van der Waals surface area contributed by atoms with Crippen LogP contribution in [-0.2, 0) is 13.6 Å². The molecule has 5 heteroatoms. The molecule has 2 aromatic carbocycles. The number of para-hydroxylation sites is 1. The number of ether oxygens (including phenoxy) is 1. The molecule has 3 rings (SSSR count). The largest absolute Gasteiger partial charge is 0.439 e. The predicted octanol–water partition coefficient (Wildman–Crippen LogP) is 5.81. The molecule has 1 N–H and O–H groups in total. The molecule has 1 heterocycles. The van der Waals surface area contributed by atoms with Gasteiger partial charge in [0.05, 0.1) is 11.7 Å². The summed E-state index contributed by atoms with van der Waals surface area (Å²) in [5.41, 5.74) is 2.99. The Hall–Kier alpha value is -2.89.